The van der Waals surface area contributed by atoms with Gasteiger partial charge in [-0.2, -0.15) is 0 Å². The maximum absolute atomic E-state index is 12.0. The number of nitrogens with one attached hydrogen (secondary N) is 1. The Morgan fingerprint density at radius 1 is 1.69 bits per heavy atom. The molecule has 3 atom stereocenters. The Labute approximate surface area is 96.6 Å². The van der Waals surface area contributed by atoms with E-state index in [2.05, 4.69) is 16.8 Å². The Morgan fingerprint density at radius 2 is 2.50 bits per heavy atom. The van der Waals surface area contributed by atoms with E-state index < -0.39 is 5.54 Å². The molecular weight excluding hydrogens is 204 g/mol. The molecule has 0 aliphatic carbocycles. The maximum Gasteiger partial charge on any atom is 0.326 e. The summed E-state index contributed by atoms with van der Waals surface area (Å²) in [4.78, 5) is 14.5. The molecule has 2 saturated heterocycles. The quantitative estimate of drug-likeness (QED) is 0.554. The van der Waals surface area contributed by atoms with Crippen LogP contribution in [-0.2, 0) is 9.53 Å². The molecule has 2 aliphatic heterocycles. The highest BCUT2D eigenvalue weighted by molar-refractivity contribution is 5.81. The molecule has 2 heterocycles. The van der Waals surface area contributed by atoms with Crippen molar-refractivity contribution in [3.63, 3.8) is 0 Å². The molecule has 1 N–H and O–H groups in total. The van der Waals surface area contributed by atoms with Crippen LogP contribution in [0.2, 0.25) is 0 Å². The Kier molecular flexibility index (Phi) is 3.30. The largest absolute Gasteiger partial charge is 0.468 e. The lowest BCUT2D eigenvalue weighted by atomic mass is 9.78. The lowest BCUT2D eigenvalue weighted by Gasteiger charge is -2.41. The van der Waals surface area contributed by atoms with Gasteiger partial charge in [-0.3, -0.25) is 10.1 Å². The van der Waals surface area contributed by atoms with Crippen molar-refractivity contribution in [2.45, 2.75) is 18.4 Å². The van der Waals surface area contributed by atoms with Crippen molar-refractivity contribution in [3.05, 3.63) is 12.7 Å². The van der Waals surface area contributed by atoms with Gasteiger partial charge in [0.25, 0.3) is 0 Å². The predicted molar refractivity (Wildman–Crippen MR) is 62.1 cm³/mol. The van der Waals surface area contributed by atoms with Gasteiger partial charge >= 0.3 is 5.97 Å². The molecule has 3 unspecified atom stereocenters. The third-order valence-electron chi connectivity index (χ3n) is 3.90. The van der Waals surface area contributed by atoms with Crippen molar-refractivity contribution in [2.75, 3.05) is 33.3 Å². The zero-order valence-corrected chi connectivity index (χ0v) is 9.87. The summed E-state index contributed by atoms with van der Waals surface area (Å²) in [6, 6.07) is 0. The average molecular weight is 224 g/mol. The third-order valence-corrected chi connectivity index (χ3v) is 3.90. The fourth-order valence-corrected chi connectivity index (χ4v) is 2.99. The maximum atomic E-state index is 12.0. The zero-order valence-electron chi connectivity index (χ0n) is 9.87. The number of piperidine rings is 1. The number of methoxy groups -OCH3 is 1. The van der Waals surface area contributed by atoms with E-state index in [4.69, 9.17) is 4.74 Å². The van der Waals surface area contributed by atoms with Crippen molar-refractivity contribution in [3.8, 4) is 0 Å². The van der Waals surface area contributed by atoms with Crippen LogP contribution in [0.15, 0.2) is 12.7 Å². The van der Waals surface area contributed by atoms with Crippen LogP contribution in [0.5, 0.6) is 0 Å². The minimum Gasteiger partial charge on any atom is -0.468 e. The summed E-state index contributed by atoms with van der Waals surface area (Å²) < 4.78 is 4.99. The smallest absolute Gasteiger partial charge is 0.326 e. The number of nitrogens with zero attached hydrogens (tertiary/aromatic N) is 1. The first-order chi connectivity index (χ1) is 7.73. The topological polar surface area (TPSA) is 41.6 Å². The van der Waals surface area contributed by atoms with E-state index >= 15 is 0 Å². The fourth-order valence-electron chi connectivity index (χ4n) is 2.99. The van der Waals surface area contributed by atoms with Crippen LogP contribution in [0.4, 0.5) is 0 Å². The highest BCUT2D eigenvalue weighted by Crippen LogP contribution is 2.36. The van der Waals surface area contributed by atoms with Crippen LogP contribution in [0.25, 0.3) is 0 Å². The second kappa shape index (κ2) is 4.55. The summed E-state index contributed by atoms with van der Waals surface area (Å²) in [7, 11) is 1.47. The highest BCUT2D eigenvalue weighted by Gasteiger charge is 2.51. The number of carbonyl (C=O) groups is 1. The molecule has 0 spiro atoms. The van der Waals surface area contributed by atoms with E-state index in [0.717, 1.165) is 32.5 Å². The summed E-state index contributed by atoms with van der Waals surface area (Å²) in [5, 5.41) is 3.34. The molecule has 4 heteroatoms. The number of esters is 1. The fraction of sp³-hybridized carbons (Fsp3) is 0.750. The first-order valence-electron chi connectivity index (χ1n) is 5.89. The standard InChI is InChI=1S/C12H20N2O2/c1-3-6-13-12(11(15)16-2)5-8-14-7-4-10(12)9-14/h3,10,13H,1,4-9H2,2H3. The molecule has 2 fully saturated rings. The molecule has 0 aromatic carbocycles. The SMILES string of the molecule is C=CCNC1(C(=O)OC)CCN2CCC1C2. The predicted octanol–water partition coefficient (Wildman–Crippen LogP) is 0.399. The Hall–Kier alpha value is -0.870. The molecule has 0 aromatic heterocycles. The van der Waals surface area contributed by atoms with Gasteiger partial charge in [0.15, 0.2) is 0 Å². The van der Waals surface area contributed by atoms with E-state index in [-0.39, 0.29) is 5.97 Å². The van der Waals surface area contributed by atoms with E-state index in [0.29, 0.717) is 12.5 Å². The molecule has 2 aliphatic rings. The number of carbonyl (C=O) groups excluding carboxylic acids is 1. The van der Waals surface area contributed by atoms with Gasteiger partial charge in [-0.25, -0.2) is 0 Å². The van der Waals surface area contributed by atoms with Gasteiger partial charge in [0.1, 0.15) is 5.54 Å². The van der Waals surface area contributed by atoms with Crippen molar-refractivity contribution in [1.82, 2.24) is 10.2 Å². The zero-order chi connectivity index (χ0) is 11.6. The lowest BCUT2D eigenvalue weighted by Crippen LogP contribution is -2.61. The van der Waals surface area contributed by atoms with E-state index in [1.54, 1.807) is 6.08 Å². The second-order valence-electron chi connectivity index (χ2n) is 4.67. The van der Waals surface area contributed by atoms with Crippen LogP contribution < -0.4 is 5.32 Å². The summed E-state index contributed by atoms with van der Waals surface area (Å²) in [5.41, 5.74) is -0.476. The van der Waals surface area contributed by atoms with Gasteiger partial charge in [0, 0.05) is 25.6 Å². The van der Waals surface area contributed by atoms with Gasteiger partial charge < -0.3 is 9.64 Å². The Bertz CT molecular complexity index is 293. The van der Waals surface area contributed by atoms with Crippen LogP contribution in [0, 0.1) is 5.92 Å². The molecule has 90 valence electrons. The number of ether oxygens (including phenoxy) is 1. The Morgan fingerprint density at radius 3 is 3.19 bits per heavy atom. The molecule has 0 saturated carbocycles. The van der Waals surface area contributed by atoms with Crippen LogP contribution >= 0.6 is 0 Å². The Balaban J connectivity index is 2.18. The molecular formula is C12H20N2O2. The van der Waals surface area contributed by atoms with Crippen molar-refractivity contribution >= 4 is 5.97 Å². The summed E-state index contributed by atoms with van der Waals surface area (Å²) in [6.07, 6.45) is 3.73. The van der Waals surface area contributed by atoms with E-state index in [1.807, 2.05) is 0 Å². The van der Waals surface area contributed by atoms with Gasteiger partial charge in [0.2, 0.25) is 0 Å². The summed E-state index contributed by atoms with van der Waals surface area (Å²) in [6.45, 7) is 7.46. The monoisotopic (exact) mass is 224 g/mol. The first-order valence-corrected chi connectivity index (χ1v) is 5.89. The molecule has 0 amide bonds. The van der Waals surface area contributed by atoms with Crippen molar-refractivity contribution in [1.29, 1.82) is 0 Å². The number of hydrogen-bond donors (Lipinski definition) is 1. The van der Waals surface area contributed by atoms with Crippen molar-refractivity contribution in [2.24, 2.45) is 5.92 Å². The van der Waals surface area contributed by atoms with Crippen LogP contribution in [0.1, 0.15) is 12.8 Å². The summed E-state index contributed by atoms with van der Waals surface area (Å²) >= 11 is 0. The molecule has 2 rings (SSSR count). The summed E-state index contributed by atoms with van der Waals surface area (Å²) in [5.74, 6) is 0.273. The van der Waals surface area contributed by atoms with E-state index in [1.165, 1.54) is 7.11 Å². The first kappa shape index (κ1) is 11.6. The molecule has 16 heavy (non-hydrogen) atoms. The number of rotatable bonds is 4. The lowest BCUT2D eigenvalue weighted by molar-refractivity contribution is -0.152. The third kappa shape index (κ3) is 1.76. The van der Waals surface area contributed by atoms with Crippen LogP contribution in [0.3, 0.4) is 0 Å². The normalized spacial score (nSPS) is 37.1. The van der Waals surface area contributed by atoms with Crippen molar-refractivity contribution < 1.29 is 9.53 Å². The molecule has 0 radical (unpaired) electrons. The molecule has 0 aromatic rings. The number of fused-ring (bicyclic) bond motifs is 2. The molecule has 4 nitrogen and oxygen atoms in total. The second-order valence-corrected chi connectivity index (χ2v) is 4.67. The van der Waals surface area contributed by atoms with Gasteiger partial charge in [0.05, 0.1) is 7.11 Å². The minimum atomic E-state index is -0.476. The van der Waals surface area contributed by atoms with Gasteiger partial charge in [-0.15, -0.1) is 6.58 Å². The average Bonchev–Trinajstić information content (AvgIpc) is 2.72. The van der Waals surface area contributed by atoms with Gasteiger partial charge in [-0.05, 0) is 19.4 Å². The van der Waals surface area contributed by atoms with Gasteiger partial charge in [-0.1, -0.05) is 6.08 Å². The number of hydrogen-bond acceptors (Lipinski definition) is 4. The van der Waals surface area contributed by atoms with Crippen LogP contribution in [-0.4, -0.2) is 49.7 Å². The van der Waals surface area contributed by atoms with E-state index in [9.17, 15) is 4.79 Å². The molecule has 2 bridgehead atoms. The minimum absolute atomic E-state index is 0.110. The highest BCUT2D eigenvalue weighted by atomic mass is 16.5.